The van der Waals surface area contributed by atoms with Crippen molar-refractivity contribution in [3.63, 3.8) is 0 Å². The van der Waals surface area contributed by atoms with Crippen LogP contribution in [-0.2, 0) is 0 Å². The molecule has 1 aromatic rings. The molecular formula is C14H17BrO. The third-order valence-corrected chi connectivity index (χ3v) is 5.40. The van der Waals surface area contributed by atoms with Crippen LogP contribution in [0.25, 0.3) is 0 Å². The molecule has 0 heterocycles. The van der Waals surface area contributed by atoms with Crippen LogP contribution in [0.4, 0.5) is 0 Å². The van der Waals surface area contributed by atoms with Crippen molar-refractivity contribution in [3.05, 3.63) is 29.8 Å². The van der Waals surface area contributed by atoms with Crippen LogP contribution in [0.3, 0.4) is 0 Å². The lowest BCUT2D eigenvalue weighted by Crippen LogP contribution is -2.05. The Morgan fingerprint density at radius 3 is 2.31 bits per heavy atom. The van der Waals surface area contributed by atoms with Gasteiger partial charge in [-0.1, -0.05) is 28.1 Å². The fraction of sp³-hybridized carbons (Fsp3) is 0.571. The number of fused-ring (bicyclic) bond motifs is 1. The van der Waals surface area contributed by atoms with Crippen LogP contribution >= 0.6 is 15.9 Å². The fourth-order valence-electron chi connectivity index (χ4n) is 3.06. The highest BCUT2D eigenvalue weighted by Crippen LogP contribution is 2.58. The maximum atomic E-state index is 5.18. The maximum absolute atomic E-state index is 5.18. The van der Waals surface area contributed by atoms with Gasteiger partial charge in [-0.05, 0) is 54.7 Å². The molecule has 16 heavy (non-hydrogen) atoms. The maximum Gasteiger partial charge on any atom is 0.118 e. The van der Waals surface area contributed by atoms with Crippen molar-refractivity contribution in [1.82, 2.24) is 0 Å². The Balaban J connectivity index is 1.70. The lowest BCUT2D eigenvalue weighted by Gasteiger charge is -2.19. The van der Waals surface area contributed by atoms with Gasteiger partial charge < -0.3 is 4.74 Å². The minimum Gasteiger partial charge on any atom is -0.497 e. The Kier molecular flexibility index (Phi) is 2.70. The first kappa shape index (κ1) is 10.6. The standard InChI is InChI=1S/C14H17BrO/c1-16-13-4-2-9(3-5-13)14(15)12-7-10-6-11(10)8-12/h2-5,10-12,14H,6-8H2,1H3. The summed E-state index contributed by atoms with van der Waals surface area (Å²) >= 11 is 3.87. The average Bonchev–Trinajstić information content (AvgIpc) is 2.95. The Morgan fingerprint density at radius 1 is 1.12 bits per heavy atom. The monoisotopic (exact) mass is 280 g/mol. The average molecular weight is 281 g/mol. The van der Waals surface area contributed by atoms with Crippen molar-refractivity contribution in [2.45, 2.75) is 24.1 Å². The number of hydrogen-bond donors (Lipinski definition) is 0. The van der Waals surface area contributed by atoms with Crippen LogP contribution in [0.15, 0.2) is 24.3 Å². The van der Waals surface area contributed by atoms with Crippen LogP contribution in [0.1, 0.15) is 29.7 Å². The van der Waals surface area contributed by atoms with E-state index >= 15 is 0 Å². The molecule has 0 bridgehead atoms. The summed E-state index contributed by atoms with van der Waals surface area (Å²) in [5.74, 6) is 3.90. The number of alkyl halides is 1. The van der Waals surface area contributed by atoms with Crippen LogP contribution in [-0.4, -0.2) is 7.11 Å². The molecule has 86 valence electrons. The smallest absolute Gasteiger partial charge is 0.118 e. The first-order valence-electron chi connectivity index (χ1n) is 6.06. The van der Waals surface area contributed by atoms with Crippen LogP contribution in [0.5, 0.6) is 5.75 Å². The zero-order chi connectivity index (χ0) is 11.1. The minimum atomic E-state index is 0.534. The van der Waals surface area contributed by atoms with Gasteiger partial charge in [0.1, 0.15) is 5.75 Å². The van der Waals surface area contributed by atoms with Crippen molar-refractivity contribution < 1.29 is 4.74 Å². The molecule has 3 atom stereocenters. The van der Waals surface area contributed by atoms with Gasteiger partial charge in [0.15, 0.2) is 0 Å². The molecule has 0 radical (unpaired) electrons. The van der Waals surface area contributed by atoms with Gasteiger partial charge >= 0.3 is 0 Å². The van der Waals surface area contributed by atoms with E-state index < -0.39 is 0 Å². The Bertz CT molecular complexity index is 363. The van der Waals surface area contributed by atoms with Gasteiger partial charge in [0.2, 0.25) is 0 Å². The van der Waals surface area contributed by atoms with Crippen LogP contribution in [0.2, 0.25) is 0 Å². The second-order valence-corrected chi connectivity index (χ2v) is 6.15. The molecule has 0 aliphatic heterocycles. The first-order valence-corrected chi connectivity index (χ1v) is 6.97. The topological polar surface area (TPSA) is 9.23 Å². The van der Waals surface area contributed by atoms with Crippen molar-refractivity contribution in [2.75, 3.05) is 7.11 Å². The zero-order valence-corrected chi connectivity index (χ0v) is 11.1. The summed E-state index contributed by atoms with van der Waals surface area (Å²) in [5.41, 5.74) is 1.40. The van der Waals surface area contributed by atoms with Crippen molar-refractivity contribution >= 4 is 15.9 Å². The van der Waals surface area contributed by atoms with Gasteiger partial charge in [0, 0.05) is 4.83 Å². The van der Waals surface area contributed by atoms with E-state index in [-0.39, 0.29) is 0 Å². The Morgan fingerprint density at radius 2 is 1.75 bits per heavy atom. The molecule has 3 unspecified atom stereocenters. The summed E-state index contributed by atoms with van der Waals surface area (Å²) in [7, 11) is 1.71. The molecule has 3 rings (SSSR count). The van der Waals surface area contributed by atoms with Gasteiger partial charge in [-0.3, -0.25) is 0 Å². The molecule has 1 nitrogen and oxygen atoms in total. The molecule has 0 N–H and O–H groups in total. The van der Waals surface area contributed by atoms with E-state index in [0.29, 0.717) is 4.83 Å². The number of ether oxygens (including phenoxy) is 1. The highest BCUT2D eigenvalue weighted by molar-refractivity contribution is 9.09. The second kappa shape index (κ2) is 4.06. The third kappa shape index (κ3) is 1.88. The van der Waals surface area contributed by atoms with E-state index in [0.717, 1.165) is 23.5 Å². The number of hydrogen-bond acceptors (Lipinski definition) is 1. The highest BCUT2D eigenvalue weighted by atomic mass is 79.9. The van der Waals surface area contributed by atoms with Crippen molar-refractivity contribution in [1.29, 1.82) is 0 Å². The SMILES string of the molecule is COc1ccc(C(Br)C2CC3CC3C2)cc1. The fourth-order valence-corrected chi connectivity index (χ4v) is 3.80. The number of benzene rings is 1. The molecule has 2 saturated carbocycles. The van der Waals surface area contributed by atoms with Crippen LogP contribution < -0.4 is 4.74 Å². The summed E-state index contributed by atoms with van der Waals surface area (Å²) in [4.78, 5) is 0.534. The summed E-state index contributed by atoms with van der Waals surface area (Å²) in [6.45, 7) is 0. The molecule has 1 aromatic carbocycles. The summed E-state index contributed by atoms with van der Waals surface area (Å²) in [6, 6.07) is 8.48. The van der Waals surface area contributed by atoms with Crippen molar-refractivity contribution in [3.8, 4) is 5.75 Å². The molecule has 0 amide bonds. The lowest BCUT2D eigenvalue weighted by atomic mass is 9.95. The van der Waals surface area contributed by atoms with Gasteiger partial charge in [-0.15, -0.1) is 0 Å². The minimum absolute atomic E-state index is 0.534. The molecule has 2 heteroatoms. The van der Waals surface area contributed by atoms with E-state index in [4.69, 9.17) is 4.74 Å². The van der Waals surface area contributed by atoms with E-state index in [1.54, 1.807) is 7.11 Å². The zero-order valence-electron chi connectivity index (χ0n) is 9.53. The predicted molar refractivity (Wildman–Crippen MR) is 69.0 cm³/mol. The first-order chi connectivity index (χ1) is 7.78. The lowest BCUT2D eigenvalue weighted by molar-refractivity contribution is 0.414. The largest absolute Gasteiger partial charge is 0.497 e. The Hall–Kier alpha value is -0.500. The van der Waals surface area contributed by atoms with Crippen molar-refractivity contribution in [2.24, 2.45) is 17.8 Å². The molecular weight excluding hydrogens is 264 g/mol. The van der Waals surface area contributed by atoms with Gasteiger partial charge in [-0.2, -0.15) is 0 Å². The van der Waals surface area contributed by atoms with E-state index in [1.807, 2.05) is 0 Å². The number of rotatable bonds is 3. The normalized spacial score (nSPS) is 33.2. The quantitative estimate of drug-likeness (QED) is 0.755. The Labute approximate surface area is 105 Å². The summed E-state index contributed by atoms with van der Waals surface area (Å²) in [5, 5.41) is 0. The van der Waals surface area contributed by atoms with Gasteiger partial charge in [0.05, 0.1) is 7.11 Å². The van der Waals surface area contributed by atoms with E-state index in [9.17, 15) is 0 Å². The van der Waals surface area contributed by atoms with Crippen LogP contribution in [0, 0.1) is 17.8 Å². The molecule has 0 aromatic heterocycles. The summed E-state index contributed by atoms with van der Waals surface area (Å²) in [6.07, 6.45) is 4.35. The molecule has 2 aliphatic rings. The number of halogens is 1. The third-order valence-electron chi connectivity index (χ3n) is 4.13. The van der Waals surface area contributed by atoms with Gasteiger partial charge in [-0.25, -0.2) is 0 Å². The van der Waals surface area contributed by atoms with Gasteiger partial charge in [0.25, 0.3) is 0 Å². The molecule has 0 saturated heterocycles. The highest BCUT2D eigenvalue weighted by Gasteiger charge is 2.47. The predicted octanol–water partition coefficient (Wildman–Crippen LogP) is 4.18. The van der Waals surface area contributed by atoms with E-state index in [1.165, 1.54) is 24.8 Å². The molecule has 0 spiro atoms. The number of methoxy groups -OCH3 is 1. The second-order valence-electron chi connectivity index (χ2n) is 5.16. The molecule has 2 aliphatic carbocycles. The molecule has 2 fully saturated rings. The van der Waals surface area contributed by atoms with E-state index in [2.05, 4.69) is 40.2 Å². The summed E-state index contributed by atoms with van der Waals surface area (Å²) < 4.78 is 5.18.